The maximum Gasteiger partial charge on any atom is 0.226 e. The van der Waals surface area contributed by atoms with Crippen LogP contribution < -0.4 is 5.32 Å². The molecule has 1 saturated heterocycles. The summed E-state index contributed by atoms with van der Waals surface area (Å²) >= 11 is 0. The van der Waals surface area contributed by atoms with Gasteiger partial charge in [-0.15, -0.1) is 0 Å². The van der Waals surface area contributed by atoms with Gasteiger partial charge in [0, 0.05) is 31.4 Å². The zero-order valence-corrected chi connectivity index (χ0v) is 11.6. The smallest absolute Gasteiger partial charge is 0.226 e. The van der Waals surface area contributed by atoms with Gasteiger partial charge in [-0.2, -0.15) is 0 Å². The Kier molecular flexibility index (Phi) is 5.33. The summed E-state index contributed by atoms with van der Waals surface area (Å²) in [5, 5.41) is 3.36. The summed E-state index contributed by atoms with van der Waals surface area (Å²) in [5.74, 6) is 0.500. The quantitative estimate of drug-likeness (QED) is 0.899. The first-order valence-corrected chi connectivity index (χ1v) is 7.19. The zero-order valence-electron chi connectivity index (χ0n) is 11.6. The van der Waals surface area contributed by atoms with E-state index in [4.69, 9.17) is 0 Å². The van der Waals surface area contributed by atoms with Crippen LogP contribution in [0.3, 0.4) is 0 Å². The van der Waals surface area contributed by atoms with Gasteiger partial charge in [-0.1, -0.05) is 0 Å². The Labute approximate surface area is 115 Å². The van der Waals surface area contributed by atoms with Gasteiger partial charge in [0.05, 0.1) is 0 Å². The van der Waals surface area contributed by atoms with Crippen LogP contribution in [0.15, 0.2) is 24.5 Å². The second-order valence-electron chi connectivity index (χ2n) is 5.09. The van der Waals surface area contributed by atoms with E-state index in [-0.39, 0.29) is 5.92 Å². The van der Waals surface area contributed by atoms with Crippen molar-refractivity contribution in [3.8, 4) is 0 Å². The van der Waals surface area contributed by atoms with Crippen LogP contribution in [0.5, 0.6) is 0 Å². The topological polar surface area (TPSA) is 45.2 Å². The molecule has 1 aliphatic heterocycles. The van der Waals surface area contributed by atoms with E-state index in [9.17, 15) is 4.79 Å². The minimum absolute atomic E-state index is 0.191. The van der Waals surface area contributed by atoms with Gasteiger partial charge >= 0.3 is 0 Å². The molecule has 0 aromatic carbocycles. The van der Waals surface area contributed by atoms with E-state index in [0.717, 1.165) is 44.5 Å². The fourth-order valence-electron chi connectivity index (χ4n) is 2.58. The fraction of sp³-hybridized carbons (Fsp3) is 0.600. The van der Waals surface area contributed by atoms with Crippen molar-refractivity contribution in [2.45, 2.75) is 32.7 Å². The zero-order chi connectivity index (χ0) is 13.5. The Balaban J connectivity index is 1.98. The van der Waals surface area contributed by atoms with Gasteiger partial charge in [0.1, 0.15) is 0 Å². The predicted molar refractivity (Wildman–Crippen MR) is 75.5 cm³/mol. The molecule has 1 N–H and O–H groups in total. The Morgan fingerprint density at radius 2 is 2.16 bits per heavy atom. The molecule has 1 aromatic heterocycles. The molecule has 1 aliphatic rings. The van der Waals surface area contributed by atoms with Crippen LogP contribution in [0.4, 0.5) is 0 Å². The van der Waals surface area contributed by atoms with Crippen molar-refractivity contribution >= 4 is 5.91 Å². The Morgan fingerprint density at radius 3 is 2.89 bits per heavy atom. The van der Waals surface area contributed by atoms with Gasteiger partial charge in [0.15, 0.2) is 0 Å². The molecular formula is C15H23N3O. The van der Waals surface area contributed by atoms with Gasteiger partial charge in [0.2, 0.25) is 5.91 Å². The van der Waals surface area contributed by atoms with Gasteiger partial charge in [0.25, 0.3) is 0 Å². The number of amides is 1. The SMILES string of the molecule is CCN(Cc1ccncc1)C(=O)C1CCCNCC1. The van der Waals surface area contributed by atoms with Crippen LogP contribution in [-0.4, -0.2) is 35.4 Å². The van der Waals surface area contributed by atoms with Gasteiger partial charge < -0.3 is 10.2 Å². The molecule has 1 atom stereocenters. The highest BCUT2D eigenvalue weighted by Crippen LogP contribution is 2.18. The molecule has 1 unspecified atom stereocenters. The van der Waals surface area contributed by atoms with Gasteiger partial charge in [-0.3, -0.25) is 9.78 Å². The molecule has 2 heterocycles. The number of nitrogens with one attached hydrogen (secondary N) is 1. The molecule has 0 bridgehead atoms. The molecule has 0 saturated carbocycles. The van der Waals surface area contributed by atoms with Crippen LogP contribution in [-0.2, 0) is 11.3 Å². The summed E-state index contributed by atoms with van der Waals surface area (Å²) in [7, 11) is 0. The first-order valence-electron chi connectivity index (χ1n) is 7.19. The molecule has 1 aromatic rings. The summed E-state index contributed by atoms with van der Waals surface area (Å²) in [6.45, 7) is 5.52. The van der Waals surface area contributed by atoms with Crippen LogP contribution in [0.1, 0.15) is 31.7 Å². The highest BCUT2D eigenvalue weighted by atomic mass is 16.2. The van der Waals surface area contributed by atoms with Crippen molar-refractivity contribution < 1.29 is 4.79 Å². The molecular weight excluding hydrogens is 238 g/mol. The molecule has 0 spiro atoms. The lowest BCUT2D eigenvalue weighted by Crippen LogP contribution is -2.36. The third-order valence-corrected chi connectivity index (χ3v) is 3.74. The van der Waals surface area contributed by atoms with E-state index in [1.807, 2.05) is 24.0 Å². The van der Waals surface area contributed by atoms with E-state index in [1.54, 1.807) is 12.4 Å². The fourth-order valence-corrected chi connectivity index (χ4v) is 2.58. The summed E-state index contributed by atoms with van der Waals surface area (Å²) in [6.07, 6.45) is 6.64. The number of hydrogen-bond acceptors (Lipinski definition) is 3. The largest absolute Gasteiger partial charge is 0.338 e. The minimum Gasteiger partial charge on any atom is -0.338 e. The monoisotopic (exact) mass is 261 g/mol. The van der Waals surface area contributed by atoms with E-state index < -0.39 is 0 Å². The lowest BCUT2D eigenvalue weighted by Gasteiger charge is -2.25. The molecule has 0 aliphatic carbocycles. The lowest BCUT2D eigenvalue weighted by atomic mass is 9.98. The number of hydrogen-bond donors (Lipinski definition) is 1. The third-order valence-electron chi connectivity index (χ3n) is 3.74. The first kappa shape index (κ1) is 14.0. The molecule has 4 nitrogen and oxygen atoms in total. The maximum absolute atomic E-state index is 12.6. The van der Waals surface area contributed by atoms with Crippen molar-refractivity contribution in [3.05, 3.63) is 30.1 Å². The van der Waals surface area contributed by atoms with E-state index in [1.165, 1.54) is 0 Å². The summed E-state index contributed by atoms with van der Waals surface area (Å²) < 4.78 is 0. The molecule has 0 radical (unpaired) electrons. The van der Waals surface area contributed by atoms with Crippen molar-refractivity contribution in [3.63, 3.8) is 0 Å². The van der Waals surface area contributed by atoms with Crippen LogP contribution in [0, 0.1) is 5.92 Å². The average Bonchev–Trinajstić information content (AvgIpc) is 2.74. The van der Waals surface area contributed by atoms with E-state index in [2.05, 4.69) is 10.3 Å². The summed E-state index contributed by atoms with van der Waals surface area (Å²) in [6, 6.07) is 3.95. The molecule has 2 rings (SSSR count). The number of aromatic nitrogens is 1. The molecule has 104 valence electrons. The number of carbonyl (C=O) groups excluding carboxylic acids is 1. The Bertz CT molecular complexity index is 386. The van der Waals surface area contributed by atoms with Crippen molar-refractivity contribution in [1.29, 1.82) is 0 Å². The Morgan fingerprint density at radius 1 is 1.37 bits per heavy atom. The number of pyridine rings is 1. The highest BCUT2D eigenvalue weighted by molar-refractivity contribution is 5.78. The van der Waals surface area contributed by atoms with Crippen molar-refractivity contribution in [2.24, 2.45) is 5.92 Å². The average molecular weight is 261 g/mol. The summed E-state index contributed by atoms with van der Waals surface area (Å²) in [4.78, 5) is 18.5. The van der Waals surface area contributed by atoms with Crippen LogP contribution >= 0.6 is 0 Å². The second-order valence-corrected chi connectivity index (χ2v) is 5.09. The predicted octanol–water partition coefficient (Wildman–Crippen LogP) is 1.82. The molecule has 19 heavy (non-hydrogen) atoms. The first-order chi connectivity index (χ1) is 9.31. The highest BCUT2D eigenvalue weighted by Gasteiger charge is 2.24. The lowest BCUT2D eigenvalue weighted by molar-refractivity contribution is -0.136. The summed E-state index contributed by atoms with van der Waals surface area (Å²) in [5.41, 5.74) is 1.15. The number of rotatable bonds is 4. The molecule has 1 amide bonds. The second kappa shape index (κ2) is 7.24. The Hall–Kier alpha value is -1.42. The minimum atomic E-state index is 0.191. The van der Waals surface area contributed by atoms with Gasteiger partial charge in [-0.05, 0) is 57.0 Å². The number of nitrogens with zero attached hydrogens (tertiary/aromatic N) is 2. The van der Waals surface area contributed by atoms with Gasteiger partial charge in [-0.25, -0.2) is 0 Å². The van der Waals surface area contributed by atoms with E-state index in [0.29, 0.717) is 12.5 Å². The van der Waals surface area contributed by atoms with E-state index >= 15 is 0 Å². The van der Waals surface area contributed by atoms with Crippen LogP contribution in [0.2, 0.25) is 0 Å². The number of carbonyl (C=O) groups is 1. The van der Waals surface area contributed by atoms with Crippen molar-refractivity contribution in [2.75, 3.05) is 19.6 Å². The standard InChI is InChI=1S/C15H23N3O/c1-2-18(12-13-5-9-17-10-6-13)15(19)14-4-3-8-16-11-7-14/h5-6,9-10,14,16H,2-4,7-8,11-12H2,1H3. The van der Waals surface area contributed by atoms with Crippen molar-refractivity contribution in [1.82, 2.24) is 15.2 Å². The van der Waals surface area contributed by atoms with Crippen LogP contribution in [0.25, 0.3) is 0 Å². The molecule has 1 fully saturated rings. The molecule has 4 heteroatoms. The third kappa shape index (κ3) is 4.03. The maximum atomic E-state index is 12.6. The normalized spacial score (nSPS) is 19.7.